The van der Waals surface area contributed by atoms with Gasteiger partial charge in [-0.3, -0.25) is 0 Å². The van der Waals surface area contributed by atoms with Crippen molar-refractivity contribution in [3.8, 4) is 0 Å². The highest BCUT2D eigenvalue weighted by Crippen LogP contribution is 2.19. The molecule has 6 heteroatoms. The van der Waals surface area contributed by atoms with Crippen molar-refractivity contribution in [2.45, 2.75) is 46.3 Å². The van der Waals surface area contributed by atoms with Crippen LogP contribution < -0.4 is 0 Å². The predicted octanol–water partition coefficient (Wildman–Crippen LogP) is 2.74. The summed E-state index contributed by atoms with van der Waals surface area (Å²) in [5.74, 6) is 0.924. The van der Waals surface area contributed by atoms with E-state index in [2.05, 4.69) is 6.08 Å². The fraction of sp³-hybridized carbons (Fsp3) is 0.857. The van der Waals surface area contributed by atoms with E-state index in [-0.39, 0.29) is 0 Å². The summed E-state index contributed by atoms with van der Waals surface area (Å²) in [6.07, 6.45) is 3.20. The van der Waals surface area contributed by atoms with Crippen molar-refractivity contribution >= 4 is 8.80 Å². The van der Waals surface area contributed by atoms with E-state index >= 15 is 0 Å². The van der Waals surface area contributed by atoms with Gasteiger partial charge in [-0.05, 0) is 40.2 Å². The molecule has 0 aromatic rings. The highest BCUT2D eigenvalue weighted by molar-refractivity contribution is 6.60. The zero-order valence-corrected chi connectivity index (χ0v) is 14.1. The first kappa shape index (κ1) is 17.6. The number of epoxide rings is 1. The number of hydrogen-bond donors (Lipinski definition) is 0. The zero-order chi connectivity index (χ0) is 14.8. The zero-order valence-electron chi connectivity index (χ0n) is 13.1. The lowest BCUT2D eigenvalue weighted by Crippen LogP contribution is -2.45. The first-order valence-electron chi connectivity index (χ1n) is 7.48. The van der Waals surface area contributed by atoms with E-state index in [1.165, 1.54) is 0 Å². The van der Waals surface area contributed by atoms with Crippen LogP contribution in [0.15, 0.2) is 11.8 Å². The minimum absolute atomic E-state index is 0.294. The molecule has 5 nitrogen and oxygen atoms in total. The lowest BCUT2D eigenvalue weighted by Gasteiger charge is -2.28. The van der Waals surface area contributed by atoms with E-state index in [4.69, 9.17) is 22.8 Å². The van der Waals surface area contributed by atoms with Crippen LogP contribution in [0, 0.1) is 0 Å². The van der Waals surface area contributed by atoms with Gasteiger partial charge in [-0.15, -0.1) is 0 Å². The second-order valence-corrected chi connectivity index (χ2v) is 7.33. The first-order chi connectivity index (χ1) is 9.65. The summed E-state index contributed by atoms with van der Waals surface area (Å²) in [7, 11) is -2.52. The third-order valence-electron chi connectivity index (χ3n) is 2.87. The molecule has 0 N–H and O–H groups in total. The Morgan fingerprint density at radius 3 is 2.15 bits per heavy atom. The maximum Gasteiger partial charge on any atom is 0.501 e. The molecule has 1 atom stereocenters. The molecule has 1 aliphatic heterocycles. The second-order valence-electron chi connectivity index (χ2n) is 4.60. The topological polar surface area (TPSA) is 49.5 Å². The summed E-state index contributed by atoms with van der Waals surface area (Å²) >= 11 is 0. The summed E-state index contributed by atoms with van der Waals surface area (Å²) in [4.78, 5) is 0. The number of allylic oxidation sites excluding steroid dienone is 2. The number of hydrogen-bond acceptors (Lipinski definition) is 5. The van der Waals surface area contributed by atoms with E-state index in [9.17, 15) is 0 Å². The van der Waals surface area contributed by atoms with Crippen LogP contribution in [0.25, 0.3) is 0 Å². The van der Waals surface area contributed by atoms with Crippen LogP contribution in [0.4, 0.5) is 0 Å². The molecule has 20 heavy (non-hydrogen) atoms. The van der Waals surface area contributed by atoms with E-state index < -0.39 is 8.80 Å². The Labute approximate surface area is 123 Å². The Morgan fingerprint density at radius 1 is 1.15 bits per heavy atom. The van der Waals surface area contributed by atoms with Gasteiger partial charge in [0.25, 0.3) is 0 Å². The van der Waals surface area contributed by atoms with Crippen molar-refractivity contribution in [1.29, 1.82) is 0 Å². The van der Waals surface area contributed by atoms with E-state index in [0.717, 1.165) is 24.8 Å². The average molecular weight is 304 g/mol. The van der Waals surface area contributed by atoms with Crippen LogP contribution in [0.2, 0.25) is 6.04 Å². The predicted molar refractivity (Wildman–Crippen MR) is 79.5 cm³/mol. The third kappa shape index (κ3) is 6.85. The molecular weight excluding hydrogens is 276 g/mol. The fourth-order valence-electron chi connectivity index (χ4n) is 1.90. The molecule has 1 unspecified atom stereocenters. The standard InChI is InChI=1S/C14H28O5Si/c1-5-17-20(18-6-2,19-7-3)10-8-9-13(4)15-11-14-12-16-14/h9,14H,5-8,10-12H2,1-4H3/b13-9+. The molecule has 1 aliphatic rings. The highest BCUT2D eigenvalue weighted by atomic mass is 28.4. The number of rotatable bonds is 12. The summed E-state index contributed by atoms with van der Waals surface area (Å²) in [5, 5.41) is 0. The Kier molecular flexibility index (Phi) is 8.40. The molecule has 1 rings (SSSR count). The molecule has 0 aliphatic carbocycles. The van der Waals surface area contributed by atoms with Gasteiger partial charge in [0, 0.05) is 25.9 Å². The first-order valence-corrected chi connectivity index (χ1v) is 9.42. The van der Waals surface area contributed by atoms with Gasteiger partial charge in [0.15, 0.2) is 0 Å². The molecule has 1 heterocycles. The quantitative estimate of drug-likeness (QED) is 0.315. The van der Waals surface area contributed by atoms with E-state index in [1.807, 2.05) is 27.7 Å². The maximum atomic E-state index is 5.80. The summed E-state index contributed by atoms with van der Waals surface area (Å²) in [6.45, 7) is 11.2. The lowest BCUT2D eigenvalue weighted by atomic mass is 10.4. The second kappa shape index (κ2) is 9.52. The van der Waals surface area contributed by atoms with Crippen molar-refractivity contribution in [3.63, 3.8) is 0 Å². The van der Waals surface area contributed by atoms with Gasteiger partial charge in [0.1, 0.15) is 12.7 Å². The smallest absolute Gasteiger partial charge is 0.496 e. The Morgan fingerprint density at radius 2 is 1.70 bits per heavy atom. The summed E-state index contributed by atoms with van der Waals surface area (Å²) in [5.41, 5.74) is 0. The molecule has 118 valence electrons. The van der Waals surface area contributed by atoms with Crippen molar-refractivity contribution < 1.29 is 22.8 Å². The van der Waals surface area contributed by atoms with Crippen molar-refractivity contribution in [2.75, 3.05) is 33.0 Å². The van der Waals surface area contributed by atoms with Crippen LogP contribution in [0.5, 0.6) is 0 Å². The van der Waals surface area contributed by atoms with E-state index in [0.29, 0.717) is 32.5 Å². The summed E-state index contributed by atoms with van der Waals surface area (Å²) in [6, 6.07) is 0.781. The fourth-order valence-corrected chi connectivity index (χ4v) is 4.40. The monoisotopic (exact) mass is 304 g/mol. The van der Waals surface area contributed by atoms with Gasteiger partial charge < -0.3 is 22.8 Å². The van der Waals surface area contributed by atoms with Gasteiger partial charge >= 0.3 is 8.80 Å². The molecule has 1 saturated heterocycles. The summed E-state index contributed by atoms with van der Waals surface area (Å²) < 4.78 is 28.1. The third-order valence-corrected chi connectivity index (χ3v) is 5.96. The molecule has 0 amide bonds. The molecule has 1 fully saturated rings. The van der Waals surface area contributed by atoms with Crippen LogP contribution in [-0.4, -0.2) is 47.9 Å². The molecule has 0 saturated carbocycles. The molecule has 0 aromatic heterocycles. The van der Waals surface area contributed by atoms with Gasteiger partial charge in [-0.25, -0.2) is 0 Å². The molecular formula is C14H28O5Si. The molecule has 0 aromatic carbocycles. The van der Waals surface area contributed by atoms with E-state index in [1.54, 1.807) is 0 Å². The average Bonchev–Trinajstić information content (AvgIpc) is 3.21. The van der Waals surface area contributed by atoms with Crippen molar-refractivity contribution in [2.24, 2.45) is 0 Å². The lowest BCUT2D eigenvalue weighted by molar-refractivity contribution is 0.0715. The van der Waals surface area contributed by atoms with Crippen LogP contribution in [0.1, 0.15) is 34.1 Å². The van der Waals surface area contributed by atoms with Gasteiger partial charge in [0.2, 0.25) is 0 Å². The minimum Gasteiger partial charge on any atom is -0.496 e. The van der Waals surface area contributed by atoms with Crippen molar-refractivity contribution in [3.05, 3.63) is 11.8 Å². The largest absolute Gasteiger partial charge is 0.501 e. The minimum atomic E-state index is -2.52. The Hall–Kier alpha value is -0.403. The van der Waals surface area contributed by atoms with Crippen LogP contribution in [-0.2, 0) is 22.8 Å². The Bertz CT molecular complexity index is 274. The molecule has 0 bridgehead atoms. The SMILES string of the molecule is CCO[Si](CC/C=C(\C)OCC1CO1)(OCC)OCC. The van der Waals surface area contributed by atoms with Gasteiger partial charge in [-0.2, -0.15) is 0 Å². The number of ether oxygens (including phenoxy) is 2. The maximum absolute atomic E-state index is 5.80. The van der Waals surface area contributed by atoms with Crippen LogP contribution >= 0.6 is 0 Å². The molecule has 0 spiro atoms. The normalized spacial score (nSPS) is 19.2. The van der Waals surface area contributed by atoms with Gasteiger partial charge in [-0.1, -0.05) is 0 Å². The molecule has 0 radical (unpaired) electrons. The highest BCUT2D eigenvalue weighted by Gasteiger charge is 2.39. The van der Waals surface area contributed by atoms with Gasteiger partial charge in [0.05, 0.1) is 12.4 Å². The van der Waals surface area contributed by atoms with Crippen LogP contribution in [0.3, 0.4) is 0 Å². The van der Waals surface area contributed by atoms with Crippen molar-refractivity contribution in [1.82, 2.24) is 0 Å². The Balaban J connectivity index is 2.39.